The molecule has 11 heteroatoms. The third-order valence-corrected chi connectivity index (χ3v) is 6.77. The molecule has 0 aliphatic carbocycles. The summed E-state index contributed by atoms with van der Waals surface area (Å²) in [5.41, 5.74) is 0.379. The normalized spacial score (nSPS) is 12.2. The van der Waals surface area contributed by atoms with Crippen molar-refractivity contribution in [2.24, 2.45) is 0 Å². The summed E-state index contributed by atoms with van der Waals surface area (Å²) in [6, 6.07) is 5.56. The van der Waals surface area contributed by atoms with Crippen LogP contribution in [0.2, 0.25) is 0 Å². The number of sulfonamides is 1. The number of amides is 1. The first kappa shape index (κ1) is 22.2. The Morgan fingerprint density at radius 1 is 1.39 bits per heavy atom. The SMILES string of the molecule is C=CCSc1nnc(NC(=O)[C@@H](CC)N(c2ccc(OC)cc2)S(C)(=O)=O)s1. The molecule has 1 amide bonds. The van der Waals surface area contributed by atoms with Gasteiger partial charge in [-0.1, -0.05) is 36.1 Å². The molecule has 8 nitrogen and oxygen atoms in total. The molecule has 1 N–H and O–H groups in total. The Morgan fingerprint density at radius 3 is 2.61 bits per heavy atom. The number of aromatic nitrogens is 2. The summed E-state index contributed by atoms with van der Waals surface area (Å²) in [7, 11) is -2.19. The molecule has 2 rings (SSSR count). The van der Waals surface area contributed by atoms with Crippen molar-refractivity contribution in [1.29, 1.82) is 0 Å². The molecule has 152 valence electrons. The molecule has 2 aromatic rings. The van der Waals surface area contributed by atoms with Gasteiger partial charge in [-0.05, 0) is 30.7 Å². The van der Waals surface area contributed by atoms with E-state index in [0.717, 1.165) is 10.6 Å². The van der Waals surface area contributed by atoms with Crippen LogP contribution in [0.5, 0.6) is 5.75 Å². The lowest BCUT2D eigenvalue weighted by molar-refractivity contribution is -0.117. The second kappa shape index (κ2) is 9.89. The first-order valence-corrected chi connectivity index (χ1v) is 12.0. The van der Waals surface area contributed by atoms with Crippen molar-refractivity contribution < 1.29 is 17.9 Å². The van der Waals surface area contributed by atoms with Crippen LogP contribution in [0.15, 0.2) is 41.3 Å². The van der Waals surface area contributed by atoms with E-state index < -0.39 is 22.0 Å². The van der Waals surface area contributed by atoms with E-state index in [1.54, 1.807) is 37.3 Å². The number of nitrogens with zero attached hydrogens (tertiary/aromatic N) is 3. The zero-order valence-corrected chi connectivity index (χ0v) is 18.2. The van der Waals surface area contributed by atoms with Crippen LogP contribution in [0.1, 0.15) is 13.3 Å². The van der Waals surface area contributed by atoms with Crippen LogP contribution in [0.25, 0.3) is 0 Å². The highest BCUT2D eigenvalue weighted by Crippen LogP contribution is 2.28. The van der Waals surface area contributed by atoms with Gasteiger partial charge in [0.2, 0.25) is 21.1 Å². The number of carbonyl (C=O) groups is 1. The topological polar surface area (TPSA) is 101 Å². The first-order chi connectivity index (χ1) is 13.3. The van der Waals surface area contributed by atoms with Gasteiger partial charge in [-0.15, -0.1) is 16.8 Å². The molecule has 1 atom stereocenters. The number of hydrogen-bond acceptors (Lipinski definition) is 8. The lowest BCUT2D eigenvalue weighted by Crippen LogP contribution is -2.46. The van der Waals surface area contributed by atoms with E-state index in [9.17, 15) is 13.2 Å². The molecule has 28 heavy (non-hydrogen) atoms. The van der Waals surface area contributed by atoms with Gasteiger partial charge >= 0.3 is 0 Å². The molecular weight excluding hydrogens is 420 g/mol. The van der Waals surface area contributed by atoms with Gasteiger partial charge in [0.1, 0.15) is 11.8 Å². The largest absolute Gasteiger partial charge is 0.497 e. The summed E-state index contributed by atoms with van der Waals surface area (Å²) in [4.78, 5) is 12.8. The smallest absolute Gasteiger partial charge is 0.250 e. The standard InChI is InChI=1S/C17H22N4O4S3/c1-5-11-26-17-20-19-16(27-17)18-15(22)14(6-2)21(28(4,23)24)12-7-9-13(25-3)10-8-12/h5,7-10,14H,1,6,11H2,2-4H3,(H,18,19,22)/t14-/m1/s1. The highest BCUT2D eigenvalue weighted by molar-refractivity contribution is 8.01. The molecule has 0 saturated heterocycles. The summed E-state index contributed by atoms with van der Waals surface area (Å²) < 4.78 is 31.8. The third-order valence-electron chi connectivity index (χ3n) is 3.62. The summed E-state index contributed by atoms with van der Waals surface area (Å²) in [6.07, 6.45) is 3.10. The van der Waals surface area contributed by atoms with Gasteiger partial charge < -0.3 is 4.74 Å². The Balaban J connectivity index is 2.25. The average molecular weight is 443 g/mol. The van der Waals surface area contributed by atoms with E-state index in [1.165, 1.54) is 30.2 Å². The second-order valence-corrected chi connectivity index (χ2v) is 9.75. The maximum atomic E-state index is 12.8. The van der Waals surface area contributed by atoms with Crippen LogP contribution in [-0.2, 0) is 14.8 Å². The minimum absolute atomic E-state index is 0.280. The highest BCUT2D eigenvalue weighted by atomic mass is 32.2. The Kier molecular flexibility index (Phi) is 7.84. The molecule has 0 aliphatic rings. The van der Waals surface area contributed by atoms with Gasteiger partial charge in [0.05, 0.1) is 19.1 Å². The van der Waals surface area contributed by atoms with Crippen LogP contribution < -0.4 is 14.4 Å². The average Bonchev–Trinajstić information content (AvgIpc) is 3.10. The van der Waals surface area contributed by atoms with Gasteiger partial charge in [-0.3, -0.25) is 14.4 Å². The molecule has 0 unspecified atom stereocenters. The number of hydrogen-bond donors (Lipinski definition) is 1. The molecule has 1 heterocycles. The highest BCUT2D eigenvalue weighted by Gasteiger charge is 2.32. The second-order valence-electron chi connectivity index (χ2n) is 5.64. The Morgan fingerprint density at radius 2 is 2.07 bits per heavy atom. The maximum Gasteiger partial charge on any atom is 0.250 e. The van der Waals surface area contributed by atoms with E-state index in [2.05, 4.69) is 22.1 Å². The quantitative estimate of drug-likeness (QED) is 0.343. The fourth-order valence-corrected chi connectivity index (χ4v) is 5.15. The monoisotopic (exact) mass is 442 g/mol. The number of rotatable bonds is 10. The molecule has 0 aliphatic heterocycles. The van der Waals surface area contributed by atoms with Crippen LogP contribution in [0.3, 0.4) is 0 Å². The van der Waals surface area contributed by atoms with Crippen LogP contribution in [-0.4, -0.2) is 49.7 Å². The van der Waals surface area contributed by atoms with E-state index in [1.807, 2.05) is 0 Å². The molecule has 1 aromatic heterocycles. The van der Waals surface area contributed by atoms with Gasteiger partial charge in [-0.25, -0.2) is 8.42 Å². The van der Waals surface area contributed by atoms with Gasteiger partial charge in [0, 0.05) is 5.75 Å². The molecule has 0 bridgehead atoms. The molecule has 0 radical (unpaired) electrons. The van der Waals surface area contributed by atoms with Crippen molar-refractivity contribution in [3.63, 3.8) is 0 Å². The predicted molar refractivity (Wildman–Crippen MR) is 114 cm³/mol. The van der Waals surface area contributed by atoms with Crippen molar-refractivity contribution in [3.05, 3.63) is 36.9 Å². The van der Waals surface area contributed by atoms with Crippen molar-refractivity contribution in [3.8, 4) is 5.75 Å². The number of methoxy groups -OCH3 is 1. The zero-order valence-electron chi connectivity index (χ0n) is 15.8. The van der Waals surface area contributed by atoms with Crippen molar-refractivity contribution in [1.82, 2.24) is 10.2 Å². The summed E-state index contributed by atoms with van der Waals surface area (Å²) in [6.45, 7) is 5.39. The zero-order chi connectivity index (χ0) is 20.7. The number of benzene rings is 1. The van der Waals surface area contributed by atoms with Crippen LogP contribution >= 0.6 is 23.1 Å². The molecule has 0 spiro atoms. The maximum absolute atomic E-state index is 12.8. The molecule has 1 aromatic carbocycles. The van der Waals surface area contributed by atoms with Crippen LogP contribution in [0, 0.1) is 0 Å². The van der Waals surface area contributed by atoms with Crippen molar-refractivity contribution in [2.75, 3.05) is 28.7 Å². The lowest BCUT2D eigenvalue weighted by atomic mass is 10.2. The molecule has 0 fully saturated rings. The van der Waals surface area contributed by atoms with Gasteiger partial charge in [0.15, 0.2) is 4.34 Å². The fourth-order valence-electron chi connectivity index (χ4n) is 2.43. The van der Waals surface area contributed by atoms with Gasteiger partial charge in [-0.2, -0.15) is 0 Å². The Labute approximate surface area is 173 Å². The van der Waals surface area contributed by atoms with E-state index in [4.69, 9.17) is 4.74 Å². The van der Waals surface area contributed by atoms with Gasteiger partial charge in [0.25, 0.3) is 0 Å². The first-order valence-electron chi connectivity index (χ1n) is 8.31. The number of thioether (sulfide) groups is 1. The summed E-state index contributed by atoms with van der Waals surface area (Å²) in [5, 5.41) is 10.9. The number of ether oxygens (including phenoxy) is 1. The summed E-state index contributed by atoms with van der Waals surface area (Å²) in [5.74, 6) is 0.799. The van der Waals surface area contributed by atoms with E-state index >= 15 is 0 Å². The third kappa shape index (κ3) is 5.69. The minimum atomic E-state index is -3.71. The lowest BCUT2D eigenvalue weighted by Gasteiger charge is -2.29. The molecular formula is C17H22N4O4S3. The number of carbonyl (C=O) groups excluding carboxylic acids is 1. The number of anilines is 2. The fraction of sp³-hybridized carbons (Fsp3) is 0.353. The Hall–Kier alpha value is -2.11. The Bertz CT molecular complexity index is 913. The minimum Gasteiger partial charge on any atom is -0.497 e. The van der Waals surface area contributed by atoms with E-state index in [0.29, 0.717) is 26.7 Å². The number of nitrogens with one attached hydrogen (secondary N) is 1. The summed E-state index contributed by atoms with van der Waals surface area (Å²) >= 11 is 2.68. The van der Waals surface area contributed by atoms with E-state index in [-0.39, 0.29) is 6.42 Å². The van der Waals surface area contributed by atoms with Crippen LogP contribution in [0.4, 0.5) is 10.8 Å². The predicted octanol–water partition coefficient (Wildman–Crippen LogP) is 3.01. The van der Waals surface area contributed by atoms with Crippen molar-refractivity contribution >= 4 is 49.8 Å². The molecule has 0 saturated carbocycles. The van der Waals surface area contributed by atoms with Crippen molar-refractivity contribution in [2.45, 2.75) is 23.7 Å².